The molecule has 1 aliphatic rings. The highest BCUT2D eigenvalue weighted by molar-refractivity contribution is 5.38. The lowest BCUT2D eigenvalue weighted by Crippen LogP contribution is -2.41. The lowest BCUT2D eigenvalue weighted by Gasteiger charge is -2.39. The van der Waals surface area contributed by atoms with Gasteiger partial charge in [-0.05, 0) is 30.2 Å². The standard InChI is InChI=1S/C14H20O3/c1-10-8-12(16-3)4-5-13(10)14(15)6-7-17-9-11(14)2/h4-5,8,11,15H,6-7,9H2,1-3H3. The number of benzene rings is 1. The first-order chi connectivity index (χ1) is 8.08. The van der Waals surface area contributed by atoms with Crippen LogP contribution in [0.4, 0.5) is 0 Å². The summed E-state index contributed by atoms with van der Waals surface area (Å²) in [6, 6.07) is 5.84. The van der Waals surface area contributed by atoms with Crippen molar-refractivity contribution in [3.63, 3.8) is 0 Å². The maximum Gasteiger partial charge on any atom is 0.119 e. The molecule has 1 aromatic carbocycles. The van der Waals surface area contributed by atoms with Crippen LogP contribution in [-0.2, 0) is 10.3 Å². The van der Waals surface area contributed by atoms with Crippen LogP contribution in [0.5, 0.6) is 5.75 Å². The molecule has 17 heavy (non-hydrogen) atoms. The summed E-state index contributed by atoms with van der Waals surface area (Å²) in [7, 11) is 1.65. The Morgan fingerprint density at radius 2 is 2.24 bits per heavy atom. The summed E-state index contributed by atoms with van der Waals surface area (Å²) in [5.74, 6) is 0.943. The van der Waals surface area contributed by atoms with Gasteiger partial charge in [-0.3, -0.25) is 0 Å². The van der Waals surface area contributed by atoms with Crippen molar-refractivity contribution in [2.45, 2.75) is 25.9 Å². The van der Waals surface area contributed by atoms with E-state index in [0.717, 1.165) is 16.9 Å². The summed E-state index contributed by atoms with van der Waals surface area (Å²) >= 11 is 0. The number of aryl methyl sites for hydroxylation is 1. The minimum absolute atomic E-state index is 0.114. The van der Waals surface area contributed by atoms with Crippen molar-refractivity contribution in [3.8, 4) is 5.75 Å². The highest BCUT2D eigenvalue weighted by Gasteiger charge is 2.39. The lowest BCUT2D eigenvalue weighted by atomic mass is 9.77. The fourth-order valence-corrected chi connectivity index (χ4v) is 2.52. The monoisotopic (exact) mass is 236 g/mol. The fraction of sp³-hybridized carbons (Fsp3) is 0.571. The predicted molar refractivity (Wildman–Crippen MR) is 66.2 cm³/mol. The number of hydrogen-bond donors (Lipinski definition) is 1. The summed E-state index contributed by atoms with van der Waals surface area (Å²) in [4.78, 5) is 0. The molecule has 2 atom stereocenters. The molecule has 0 aliphatic carbocycles. The number of aliphatic hydroxyl groups is 1. The first-order valence-electron chi connectivity index (χ1n) is 6.03. The van der Waals surface area contributed by atoms with Gasteiger partial charge < -0.3 is 14.6 Å². The van der Waals surface area contributed by atoms with Crippen molar-refractivity contribution in [2.75, 3.05) is 20.3 Å². The molecular weight excluding hydrogens is 216 g/mol. The quantitative estimate of drug-likeness (QED) is 0.856. The molecule has 3 heteroatoms. The second-order valence-electron chi connectivity index (χ2n) is 4.83. The Morgan fingerprint density at radius 3 is 2.82 bits per heavy atom. The molecule has 2 rings (SSSR count). The van der Waals surface area contributed by atoms with Crippen molar-refractivity contribution >= 4 is 0 Å². The molecule has 0 aromatic heterocycles. The Morgan fingerprint density at radius 1 is 1.47 bits per heavy atom. The Bertz CT molecular complexity index is 402. The van der Waals surface area contributed by atoms with Gasteiger partial charge in [-0.2, -0.15) is 0 Å². The molecule has 1 aliphatic heterocycles. The molecule has 1 N–H and O–H groups in total. The average molecular weight is 236 g/mol. The first kappa shape index (κ1) is 12.4. The van der Waals surface area contributed by atoms with Gasteiger partial charge in [-0.1, -0.05) is 13.0 Å². The van der Waals surface area contributed by atoms with Gasteiger partial charge >= 0.3 is 0 Å². The molecule has 2 unspecified atom stereocenters. The van der Waals surface area contributed by atoms with E-state index in [0.29, 0.717) is 19.6 Å². The molecule has 3 nitrogen and oxygen atoms in total. The van der Waals surface area contributed by atoms with Gasteiger partial charge in [-0.15, -0.1) is 0 Å². The van der Waals surface area contributed by atoms with E-state index < -0.39 is 5.60 Å². The normalized spacial score (nSPS) is 29.1. The van der Waals surface area contributed by atoms with E-state index in [9.17, 15) is 5.11 Å². The number of methoxy groups -OCH3 is 1. The van der Waals surface area contributed by atoms with Crippen LogP contribution in [0, 0.1) is 12.8 Å². The Balaban J connectivity index is 2.38. The van der Waals surface area contributed by atoms with Gasteiger partial charge in [0.05, 0.1) is 19.3 Å². The van der Waals surface area contributed by atoms with E-state index in [4.69, 9.17) is 9.47 Å². The average Bonchev–Trinajstić information content (AvgIpc) is 2.32. The van der Waals surface area contributed by atoms with E-state index in [-0.39, 0.29) is 5.92 Å². The van der Waals surface area contributed by atoms with E-state index in [1.807, 2.05) is 32.0 Å². The van der Waals surface area contributed by atoms with Crippen LogP contribution in [0.1, 0.15) is 24.5 Å². The van der Waals surface area contributed by atoms with Crippen molar-refractivity contribution in [2.24, 2.45) is 5.92 Å². The zero-order valence-corrected chi connectivity index (χ0v) is 10.7. The molecular formula is C14H20O3. The maximum atomic E-state index is 10.8. The van der Waals surface area contributed by atoms with E-state index in [1.165, 1.54) is 0 Å². The Hall–Kier alpha value is -1.06. The second kappa shape index (κ2) is 4.67. The molecule has 1 saturated heterocycles. The molecule has 0 spiro atoms. The van der Waals surface area contributed by atoms with Gasteiger partial charge in [-0.25, -0.2) is 0 Å². The van der Waals surface area contributed by atoms with Gasteiger partial charge in [0.2, 0.25) is 0 Å². The van der Waals surface area contributed by atoms with Crippen LogP contribution < -0.4 is 4.74 Å². The summed E-state index contributed by atoms with van der Waals surface area (Å²) in [5.41, 5.74) is 1.30. The van der Waals surface area contributed by atoms with Crippen molar-refractivity contribution in [1.29, 1.82) is 0 Å². The first-order valence-corrected chi connectivity index (χ1v) is 6.03. The van der Waals surface area contributed by atoms with Crippen molar-refractivity contribution < 1.29 is 14.6 Å². The molecule has 94 valence electrons. The van der Waals surface area contributed by atoms with Gasteiger partial charge in [0, 0.05) is 18.9 Å². The molecule has 0 bridgehead atoms. The van der Waals surface area contributed by atoms with Gasteiger partial charge in [0.1, 0.15) is 5.75 Å². The van der Waals surface area contributed by atoms with Crippen LogP contribution in [0.2, 0.25) is 0 Å². The minimum atomic E-state index is -0.769. The minimum Gasteiger partial charge on any atom is -0.497 e. The number of hydrogen-bond acceptors (Lipinski definition) is 3. The van der Waals surface area contributed by atoms with E-state index in [2.05, 4.69) is 0 Å². The SMILES string of the molecule is COc1ccc(C2(O)CCOCC2C)c(C)c1. The molecule has 0 saturated carbocycles. The van der Waals surface area contributed by atoms with Gasteiger partial charge in [0.25, 0.3) is 0 Å². The third-order valence-electron chi connectivity index (χ3n) is 3.71. The topological polar surface area (TPSA) is 38.7 Å². The molecule has 0 radical (unpaired) electrons. The van der Waals surface area contributed by atoms with E-state index >= 15 is 0 Å². The molecule has 1 aromatic rings. The second-order valence-corrected chi connectivity index (χ2v) is 4.83. The zero-order chi connectivity index (χ0) is 12.5. The highest BCUT2D eigenvalue weighted by Crippen LogP contribution is 2.38. The van der Waals surface area contributed by atoms with Gasteiger partial charge in [0.15, 0.2) is 0 Å². The molecule has 1 heterocycles. The van der Waals surface area contributed by atoms with E-state index in [1.54, 1.807) is 7.11 Å². The van der Waals surface area contributed by atoms with Crippen LogP contribution in [0.25, 0.3) is 0 Å². The summed E-state index contributed by atoms with van der Waals surface area (Å²) in [5, 5.41) is 10.8. The lowest BCUT2D eigenvalue weighted by molar-refractivity contribution is -0.112. The smallest absolute Gasteiger partial charge is 0.119 e. The predicted octanol–water partition coefficient (Wildman–Crippen LogP) is 2.25. The maximum absolute atomic E-state index is 10.8. The zero-order valence-electron chi connectivity index (χ0n) is 10.7. The van der Waals surface area contributed by atoms with Crippen molar-refractivity contribution in [1.82, 2.24) is 0 Å². The van der Waals surface area contributed by atoms with Crippen LogP contribution in [0.3, 0.4) is 0 Å². The van der Waals surface area contributed by atoms with Crippen LogP contribution >= 0.6 is 0 Å². The third-order valence-corrected chi connectivity index (χ3v) is 3.71. The Labute approximate surface area is 102 Å². The van der Waals surface area contributed by atoms with Crippen LogP contribution in [0.15, 0.2) is 18.2 Å². The molecule has 1 fully saturated rings. The van der Waals surface area contributed by atoms with Crippen molar-refractivity contribution in [3.05, 3.63) is 29.3 Å². The summed E-state index contributed by atoms with van der Waals surface area (Å²) in [6.07, 6.45) is 0.654. The number of rotatable bonds is 2. The summed E-state index contributed by atoms with van der Waals surface area (Å²) < 4.78 is 10.6. The third kappa shape index (κ3) is 2.17. The fourth-order valence-electron chi connectivity index (χ4n) is 2.52. The Kier molecular flexibility index (Phi) is 3.40. The summed E-state index contributed by atoms with van der Waals surface area (Å²) in [6.45, 7) is 5.27. The van der Waals surface area contributed by atoms with Crippen LogP contribution in [-0.4, -0.2) is 25.4 Å². The molecule has 0 amide bonds. The number of ether oxygens (including phenoxy) is 2. The highest BCUT2D eigenvalue weighted by atomic mass is 16.5. The largest absolute Gasteiger partial charge is 0.497 e.